The van der Waals surface area contributed by atoms with Crippen molar-refractivity contribution in [3.05, 3.63) is 80.0 Å². The highest BCUT2D eigenvalue weighted by atomic mass is 35.5. The molecule has 3 aromatic rings. The van der Waals surface area contributed by atoms with E-state index < -0.39 is 0 Å². The van der Waals surface area contributed by atoms with Gasteiger partial charge in [-0.25, -0.2) is 4.68 Å². The minimum Gasteiger partial charge on any atom is -0.348 e. The summed E-state index contributed by atoms with van der Waals surface area (Å²) in [7, 11) is 0. The Hall–Kier alpha value is -2.27. The molecule has 0 aliphatic carbocycles. The van der Waals surface area contributed by atoms with E-state index in [1.54, 1.807) is 22.9 Å². The molecule has 0 saturated carbocycles. The Kier molecular flexibility index (Phi) is 7.47. The molecule has 0 bridgehead atoms. The molecule has 4 nitrogen and oxygen atoms in total. The zero-order valence-corrected chi connectivity index (χ0v) is 20.1. The molecule has 31 heavy (non-hydrogen) atoms. The largest absolute Gasteiger partial charge is 0.348 e. The van der Waals surface area contributed by atoms with E-state index >= 15 is 0 Å². The van der Waals surface area contributed by atoms with E-state index in [2.05, 4.69) is 10.4 Å². The summed E-state index contributed by atoms with van der Waals surface area (Å²) in [6.45, 7) is 7.86. The number of aromatic nitrogens is 2. The van der Waals surface area contributed by atoms with Crippen LogP contribution in [0.1, 0.15) is 54.5 Å². The lowest BCUT2D eigenvalue weighted by Gasteiger charge is -2.11. The Labute approximate surface area is 197 Å². The van der Waals surface area contributed by atoms with Gasteiger partial charge in [-0.2, -0.15) is 5.10 Å². The van der Waals surface area contributed by atoms with Crippen LogP contribution in [0.2, 0.25) is 15.1 Å². The number of nitrogens with one attached hydrogen (secondary N) is 1. The van der Waals surface area contributed by atoms with E-state index in [-0.39, 0.29) is 11.9 Å². The molecule has 1 aromatic heterocycles. The van der Waals surface area contributed by atoms with Crippen molar-refractivity contribution in [1.29, 1.82) is 0 Å². The van der Waals surface area contributed by atoms with Crippen LogP contribution in [0.4, 0.5) is 0 Å². The molecule has 0 fully saturated rings. The van der Waals surface area contributed by atoms with Gasteiger partial charge in [0.15, 0.2) is 5.69 Å². The van der Waals surface area contributed by atoms with E-state index in [0.29, 0.717) is 26.4 Å². The first-order chi connectivity index (χ1) is 14.7. The minimum atomic E-state index is -0.212. The maximum absolute atomic E-state index is 12.9. The van der Waals surface area contributed by atoms with Gasteiger partial charge in [0.05, 0.1) is 16.4 Å². The molecule has 1 N–H and O–H groups in total. The Morgan fingerprint density at radius 1 is 1.13 bits per heavy atom. The number of halogens is 3. The minimum absolute atomic E-state index is 0.0466. The number of allylic oxidation sites excluding steroid dienone is 1. The third kappa shape index (κ3) is 5.32. The standard InChI is InChI=1S/C24H24Cl3N3O/c1-5-15(3)28-24(31)22-16(4)23(14(2)12-17-6-8-18(25)9-7-17)30(29-22)21-11-10-19(26)13-20(21)27/h6-13,15H,5H2,1-4H3,(H,28,31)/b14-12+/t15-/m1/s1. The summed E-state index contributed by atoms with van der Waals surface area (Å²) < 4.78 is 1.71. The van der Waals surface area contributed by atoms with Crippen LogP contribution in [0.3, 0.4) is 0 Å². The molecule has 0 aliphatic rings. The number of amides is 1. The normalized spacial score (nSPS) is 12.7. The zero-order valence-electron chi connectivity index (χ0n) is 17.8. The first-order valence-corrected chi connectivity index (χ1v) is 11.1. The summed E-state index contributed by atoms with van der Waals surface area (Å²) in [4.78, 5) is 12.9. The summed E-state index contributed by atoms with van der Waals surface area (Å²) in [5, 5.41) is 9.30. The van der Waals surface area contributed by atoms with Crippen molar-refractivity contribution in [2.75, 3.05) is 0 Å². The second-order valence-electron chi connectivity index (χ2n) is 7.49. The van der Waals surface area contributed by atoms with Gasteiger partial charge in [-0.15, -0.1) is 0 Å². The number of carbonyl (C=O) groups is 1. The van der Waals surface area contributed by atoms with Crippen molar-refractivity contribution >= 4 is 52.4 Å². The monoisotopic (exact) mass is 475 g/mol. The Morgan fingerprint density at radius 3 is 2.39 bits per heavy atom. The topological polar surface area (TPSA) is 46.9 Å². The molecule has 162 valence electrons. The van der Waals surface area contributed by atoms with Crippen LogP contribution < -0.4 is 5.32 Å². The molecule has 0 aliphatic heterocycles. The average molecular weight is 477 g/mol. The number of hydrogen-bond acceptors (Lipinski definition) is 2. The third-order valence-corrected chi connectivity index (χ3v) is 5.88. The fourth-order valence-corrected chi connectivity index (χ4v) is 3.89. The number of hydrogen-bond donors (Lipinski definition) is 1. The van der Waals surface area contributed by atoms with E-state index in [4.69, 9.17) is 34.8 Å². The van der Waals surface area contributed by atoms with Crippen LogP contribution in [-0.2, 0) is 0 Å². The quantitative estimate of drug-likeness (QED) is 0.408. The van der Waals surface area contributed by atoms with Gasteiger partial charge in [0.1, 0.15) is 0 Å². The van der Waals surface area contributed by atoms with Crippen molar-refractivity contribution in [2.24, 2.45) is 0 Å². The molecule has 7 heteroatoms. The van der Waals surface area contributed by atoms with Crippen molar-refractivity contribution in [1.82, 2.24) is 15.1 Å². The lowest BCUT2D eigenvalue weighted by molar-refractivity contribution is 0.0933. The van der Waals surface area contributed by atoms with Crippen LogP contribution in [0.25, 0.3) is 17.3 Å². The fourth-order valence-electron chi connectivity index (χ4n) is 3.27. The van der Waals surface area contributed by atoms with Crippen molar-refractivity contribution in [3.63, 3.8) is 0 Å². The molecule has 0 spiro atoms. The molecule has 0 radical (unpaired) electrons. The van der Waals surface area contributed by atoms with Crippen LogP contribution in [0.15, 0.2) is 42.5 Å². The van der Waals surface area contributed by atoms with Gasteiger partial charge in [-0.3, -0.25) is 4.79 Å². The fraction of sp³-hybridized carbons (Fsp3) is 0.250. The van der Waals surface area contributed by atoms with Crippen molar-refractivity contribution in [3.8, 4) is 5.69 Å². The zero-order chi connectivity index (χ0) is 22.7. The summed E-state index contributed by atoms with van der Waals surface area (Å²) in [5.41, 5.74) is 4.51. The second kappa shape index (κ2) is 9.90. The van der Waals surface area contributed by atoms with Crippen LogP contribution in [0, 0.1) is 6.92 Å². The first-order valence-electron chi connectivity index (χ1n) is 10.0. The lowest BCUT2D eigenvalue weighted by Crippen LogP contribution is -2.32. The van der Waals surface area contributed by atoms with E-state index in [1.807, 2.05) is 58.0 Å². The average Bonchev–Trinajstić information content (AvgIpc) is 3.06. The summed E-state index contributed by atoms with van der Waals surface area (Å²) >= 11 is 18.6. The highest BCUT2D eigenvalue weighted by Crippen LogP contribution is 2.31. The number of carbonyl (C=O) groups excluding carboxylic acids is 1. The highest BCUT2D eigenvalue weighted by molar-refractivity contribution is 6.35. The molecule has 2 aromatic carbocycles. The molecule has 1 heterocycles. The van der Waals surface area contributed by atoms with Gasteiger partial charge in [-0.1, -0.05) is 53.9 Å². The van der Waals surface area contributed by atoms with Crippen molar-refractivity contribution in [2.45, 2.75) is 40.2 Å². The van der Waals surface area contributed by atoms with E-state index in [0.717, 1.165) is 28.8 Å². The SMILES string of the molecule is CC[C@@H](C)NC(=O)c1nn(-c2ccc(Cl)cc2Cl)c(/C(C)=C/c2ccc(Cl)cc2)c1C. The summed E-state index contributed by atoms with van der Waals surface area (Å²) in [6, 6.07) is 12.8. The molecular formula is C24H24Cl3N3O. The molecule has 0 saturated heterocycles. The highest BCUT2D eigenvalue weighted by Gasteiger charge is 2.23. The van der Waals surface area contributed by atoms with Gasteiger partial charge in [0.2, 0.25) is 0 Å². The predicted octanol–water partition coefficient (Wildman–Crippen LogP) is 7.23. The third-order valence-electron chi connectivity index (χ3n) is 5.09. The number of rotatable bonds is 6. The van der Waals surface area contributed by atoms with E-state index in [1.165, 1.54) is 0 Å². The molecule has 3 rings (SSSR count). The predicted molar refractivity (Wildman–Crippen MR) is 131 cm³/mol. The van der Waals surface area contributed by atoms with Gasteiger partial charge in [-0.05, 0) is 74.7 Å². The maximum Gasteiger partial charge on any atom is 0.272 e. The Morgan fingerprint density at radius 2 is 1.77 bits per heavy atom. The number of nitrogens with zero attached hydrogens (tertiary/aromatic N) is 2. The Bertz CT molecular complexity index is 1130. The Balaban J connectivity index is 2.17. The van der Waals surface area contributed by atoms with Crippen molar-refractivity contribution < 1.29 is 4.79 Å². The molecule has 1 amide bonds. The summed E-state index contributed by atoms with van der Waals surface area (Å²) in [6.07, 6.45) is 2.86. The van der Waals surface area contributed by atoms with Gasteiger partial charge < -0.3 is 5.32 Å². The molecule has 0 unspecified atom stereocenters. The van der Waals surface area contributed by atoms with Gasteiger partial charge >= 0.3 is 0 Å². The molecular weight excluding hydrogens is 453 g/mol. The molecule has 1 atom stereocenters. The van der Waals surface area contributed by atoms with Crippen LogP contribution in [0.5, 0.6) is 0 Å². The smallest absolute Gasteiger partial charge is 0.272 e. The first kappa shape index (κ1) is 23.4. The number of benzene rings is 2. The lowest BCUT2D eigenvalue weighted by atomic mass is 10.0. The van der Waals surface area contributed by atoms with Gasteiger partial charge in [0, 0.05) is 21.7 Å². The summed E-state index contributed by atoms with van der Waals surface area (Å²) in [5.74, 6) is -0.212. The van der Waals surface area contributed by atoms with E-state index in [9.17, 15) is 4.79 Å². The maximum atomic E-state index is 12.9. The second-order valence-corrected chi connectivity index (χ2v) is 8.77. The van der Waals surface area contributed by atoms with Gasteiger partial charge in [0.25, 0.3) is 5.91 Å². The van der Waals surface area contributed by atoms with Crippen LogP contribution >= 0.6 is 34.8 Å². The van der Waals surface area contributed by atoms with Crippen LogP contribution in [-0.4, -0.2) is 21.7 Å².